The third kappa shape index (κ3) is 4.50. The zero-order valence-electron chi connectivity index (χ0n) is 16.8. The van der Waals surface area contributed by atoms with Crippen molar-refractivity contribution < 1.29 is 19.7 Å². The quantitative estimate of drug-likeness (QED) is 0.462. The second-order valence-corrected chi connectivity index (χ2v) is 7.43. The standard InChI is InChI=1S/C23H24N4O4/c24-22-26-11-14(12-27-22)21(29)20(28)9-10-25-23(30)31-13-19-17-7-3-1-5-15(17)16-6-2-4-8-18(16)19/h1-8,11-12,19-21,28-29H,9-10,13H2,(H,25,30)(H2,24,26,27). The topological polar surface area (TPSA) is 131 Å². The number of carbonyl (C=O) groups is 1. The molecule has 0 fully saturated rings. The number of alkyl carbamates (subject to hydrolysis) is 1. The zero-order valence-corrected chi connectivity index (χ0v) is 16.8. The molecule has 3 aromatic rings. The number of benzene rings is 2. The van der Waals surface area contributed by atoms with Gasteiger partial charge in [-0.3, -0.25) is 0 Å². The summed E-state index contributed by atoms with van der Waals surface area (Å²) in [6.45, 7) is 0.360. The van der Waals surface area contributed by atoms with Crippen LogP contribution in [0.4, 0.5) is 10.7 Å². The Labute approximate surface area is 179 Å². The number of fused-ring (bicyclic) bond motifs is 3. The Bertz CT molecular complexity index is 1010. The fourth-order valence-electron chi connectivity index (χ4n) is 3.85. The number of hydrogen-bond donors (Lipinski definition) is 4. The summed E-state index contributed by atoms with van der Waals surface area (Å²) in [4.78, 5) is 19.8. The summed E-state index contributed by atoms with van der Waals surface area (Å²) in [6, 6.07) is 16.2. The Hall–Kier alpha value is -3.49. The highest BCUT2D eigenvalue weighted by atomic mass is 16.5. The Morgan fingerprint density at radius 3 is 2.23 bits per heavy atom. The van der Waals surface area contributed by atoms with Crippen molar-refractivity contribution in [3.05, 3.63) is 77.6 Å². The summed E-state index contributed by atoms with van der Waals surface area (Å²) in [5, 5.41) is 22.9. The van der Waals surface area contributed by atoms with Crippen LogP contribution in [0.25, 0.3) is 11.1 Å². The number of nitrogens with zero attached hydrogens (tertiary/aromatic N) is 2. The molecule has 0 radical (unpaired) electrons. The van der Waals surface area contributed by atoms with Crippen LogP contribution in [0.3, 0.4) is 0 Å². The summed E-state index contributed by atoms with van der Waals surface area (Å²) in [5.74, 6) is 0.0680. The average Bonchev–Trinajstić information content (AvgIpc) is 3.11. The molecule has 0 bridgehead atoms. The van der Waals surface area contributed by atoms with Crippen LogP contribution in [0.15, 0.2) is 60.9 Å². The fraction of sp³-hybridized carbons (Fsp3) is 0.261. The van der Waals surface area contributed by atoms with Crippen molar-refractivity contribution in [2.45, 2.75) is 24.5 Å². The van der Waals surface area contributed by atoms with Gasteiger partial charge in [0.2, 0.25) is 5.95 Å². The maximum atomic E-state index is 12.2. The van der Waals surface area contributed by atoms with Gasteiger partial charge in [0.05, 0.1) is 6.10 Å². The third-order valence-electron chi connectivity index (χ3n) is 5.45. The Balaban J connectivity index is 1.28. The zero-order chi connectivity index (χ0) is 21.8. The number of nitrogens with two attached hydrogens (primary N) is 1. The van der Waals surface area contributed by atoms with Crippen LogP contribution in [-0.4, -0.2) is 45.5 Å². The first-order chi connectivity index (χ1) is 15.0. The molecule has 0 saturated carbocycles. The van der Waals surface area contributed by atoms with Gasteiger partial charge >= 0.3 is 6.09 Å². The molecule has 1 amide bonds. The van der Waals surface area contributed by atoms with Crippen LogP contribution in [0, 0.1) is 0 Å². The molecule has 1 aliphatic carbocycles. The molecule has 8 heteroatoms. The van der Waals surface area contributed by atoms with E-state index in [2.05, 4.69) is 39.6 Å². The van der Waals surface area contributed by atoms with Crippen LogP contribution in [0.5, 0.6) is 0 Å². The van der Waals surface area contributed by atoms with Crippen molar-refractivity contribution in [1.29, 1.82) is 0 Å². The highest BCUT2D eigenvalue weighted by Gasteiger charge is 2.29. The van der Waals surface area contributed by atoms with E-state index in [0.29, 0.717) is 5.56 Å². The second-order valence-electron chi connectivity index (χ2n) is 7.43. The first-order valence-electron chi connectivity index (χ1n) is 10.1. The minimum atomic E-state index is -1.18. The molecular weight excluding hydrogens is 396 g/mol. The van der Waals surface area contributed by atoms with Crippen molar-refractivity contribution in [2.24, 2.45) is 0 Å². The lowest BCUT2D eigenvalue weighted by molar-refractivity contribution is 0.0133. The van der Waals surface area contributed by atoms with E-state index in [4.69, 9.17) is 10.5 Å². The number of aliphatic hydroxyl groups excluding tert-OH is 2. The smallest absolute Gasteiger partial charge is 0.407 e. The lowest BCUT2D eigenvalue weighted by atomic mass is 9.98. The normalized spacial score (nSPS) is 14.4. The van der Waals surface area contributed by atoms with Crippen LogP contribution < -0.4 is 11.1 Å². The van der Waals surface area contributed by atoms with Crippen LogP contribution in [0.2, 0.25) is 0 Å². The van der Waals surface area contributed by atoms with Gasteiger partial charge in [-0.25, -0.2) is 14.8 Å². The molecule has 0 spiro atoms. The molecular formula is C23H24N4O4. The number of carbonyl (C=O) groups excluding carboxylic acids is 1. The summed E-state index contributed by atoms with van der Waals surface area (Å²) >= 11 is 0. The Morgan fingerprint density at radius 2 is 1.61 bits per heavy atom. The fourth-order valence-corrected chi connectivity index (χ4v) is 3.85. The number of aromatic nitrogens is 2. The van der Waals surface area contributed by atoms with E-state index in [9.17, 15) is 15.0 Å². The molecule has 2 unspecified atom stereocenters. The van der Waals surface area contributed by atoms with E-state index in [1.54, 1.807) is 0 Å². The lowest BCUT2D eigenvalue weighted by Gasteiger charge is -2.18. The maximum Gasteiger partial charge on any atom is 0.407 e. The van der Waals surface area contributed by atoms with E-state index in [1.807, 2.05) is 24.3 Å². The number of hydrogen-bond acceptors (Lipinski definition) is 7. The van der Waals surface area contributed by atoms with Crippen molar-refractivity contribution in [1.82, 2.24) is 15.3 Å². The highest BCUT2D eigenvalue weighted by Crippen LogP contribution is 2.44. The van der Waals surface area contributed by atoms with Crippen molar-refractivity contribution in [3.8, 4) is 11.1 Å². The second kappa shape index (κ2) is 9.11. The first kappa shape index (κ1) is 20.8. The van der Waals surface area contributed by atoms with Crippen LogP contribution in [0.1, 0.15) is 35.1 Å². The average molecular weight is 420 g/mol. The molecule has 2 aromatic carbocycles. The van der Waals surface area contributed by atoms with Crippen molar-refractivity contribution in [3.63, 3.8) is 0 Å². The summed E-state index contributed by atoms with van der Waals surface area (Å²) in [6.07, 6.45) is 0.00512. The monoisotopic (exact) mass is 420 g/mol. The van der Waals surface area contributed by atoms with Gasteiger partial charge in [-0.1, -0.05) is 48.5 Å². The predicted molar refractivity (Wildman–Crippen MR) is 115 cm³/mol. The molecule has 5 N–H and O–H groups in total. The van der Waals surface area contributed by atoms with E-state index in [-0.39, 0.29) is 31.4 Å². The number of nitrogens with one attached hydrogen (secondary N) is 1. The molecule has 2 atom stereocenters. The van der Waals surface area contributed by atoms with Gasteiger partial charge in [-0.05, 0) is 28.7 Å². The number of anilines is 1. The summed E-state index contributed by atoms with van der Waals surface area (Å²) in [5.41, 5.74) is 10.4. The van der Waals surface area contributed by atoms with Gasteiger partial charge < -0.3 is 26.0 Å². The van der Waals surface area contributed by atoms with Gasteiger partial charge in [0.15, 0.2) is 0 Å². The molecule has 0 saturated heterocycles. The van der Waals surface area contributed by atoms with E-state index in [1.165, 1.54) is 12.4 Å². The van der Waals surface area contributed by atoms with Crippen molar-refractivity contribution >= 4 is 12.0 Å². The predicted octanol–water partition coefficient (Wildman–Crippen LogP) is 2.38. The number of rotatable bonds is 7. The summed E-state index contributed by atoms with van der Waals surface area (Å²) < 4.78 is 5.45. The molecule has 1 heterocycles. The third-order valence-corrected chi connectivity index (χ3v) is 5.45. The summed E-state index contributed by atoms with van der Waals surface area (Å²) in [7, 11) is 0. The van der Waals surface area contributed by atoms with Gasteiger partial charge in [0, 0.05) is 30.4 Å². The minimum Gasteiger partial charge on any atom is -0.449 e. The molecule has 8 nitrogen and oxygen atoms in total. The van der Waals surface area contributed by atoms with E-state index < -0.39 is 18.3 Å². The Morgan fingerprint density at radius 1 is 1.03 bits per heavy atom. The molecule has 31 heavy (non-hydrogen) atoms. The van der Waals surface area contributed by atoms with Gasteiger partial charge in [0.25, 0.3) is 0 Å². The SMILES string of the molecule is Nc1ncc(C(O)C(O)CCNC(=O)OCC2c3ccccc3-c3ccccc32)cn1. The number of amides is 1. The van der Waals surface area contributed by atoms with Gasteiger partial charge in [0.1, 0.15) is 12.7 Å². The van der Waals surface area contributed by atoms with E-state index >= 15 is 0 Å². The minimum absolute atomic E-state index is 0.0175. The number of aliphatic hydroxyl groups is 2. The molecule has 4 rings (SSSR count). The maximum absolute atomic E-state index is 12.2. The van der Waals surface area contributed by atoms with Crippen molar-refractivity contribution in [2.75, 3.05) is 18.9 Å². The molecule has 160 valence electrons. The van der Waals surface area contributed by atoms with Crippen LogP contribution >= 0.6 is 0 Å². The van der Waals surface area contributed by atoms with Gasteiger partial charge in [-0.2, -0.15) is 0 Å². The number of nitrogen functional groups attached to an aromatic ring is 1. The lowest BCUT2D eigenvalue weighted by Crippen LogP contribution is -2.30. The molecule has 1 aliphatic rings. The van der Waals surface area contributed by atoms with Gasteiger partial charge in [-0.15, -0.1) is 0 Å². The molecule has 1 aromatic heterocycles. The first-order valence-corrected chi connectivity index (χ1v) is 10.1. The highest BCUT2D eigenvalue weighted by molar-refractivity contribution is 5.79. The van der Waals surface area contributed by atoms with E-state index in [0.717, 1.165) is 22.3 Å². The largest absolute Gasteiger partial charge is 0.449 e. The molecule has 0 aliphatic heterocycles. The Kier molecular flexibility index (Phi) is 6.11. The number of ether oxygens (including phenoxy) is 1. The van der Waals surface area contributed by atoms with Crippen LogP contribution in [-0.2, 0) is 4.74 Å².